The van der Waals surface area contributed by atoms with E-state index < -0.39 is 5.95 Å². The molecule has 5 heteroatoms. The molecule has 2 aromatic heterocycles. The number of aromatic nitrogens is 3. The van der Waals surface area contributed by atoms with Gasteiger partial charge < -0.3 is 4.74 Å². The van der Waals surface area contributed by atoms with Crippen LogP contribution in [-0.2, 0) is 0 Å². The lowest BCUT2D eigenvalue weighted by Gasteiger charge is -2.02. The summed E-state index contributed by atoms with van der Waals surface area (Å²) in [7, 11) is 1.52. The minimum Gasteiger partial charge on any atom is -0.479 e. The molecule has 0 aliphatic rings. The molecule has 0 bridgehead atoms. The number of hydrogen-bond acceptors (Lipinski definition) is 3. The fourth-order valence-electron chi connectivity index (χ4n) is 1.97. The Kier molecular flexibility index (Phi) is 2.67. The topological polar surface area (TPSA) is 39.4 Å². The van der Waals surface area contributed by atoms with Crippen LogP contribution in [0.1, 0.15) is 5.56 Å². The van der Waals surface area contributed by atoms with Gasteiger partial charge in [0, 0.05) is 5.56 Å². The van der Waals surface area contributed by atoms with E-state index in [1.807, 2.05) is 31.2 Å². The van der Waals surface area contributed by atoms with Gasteiger partial charge in [-0.1, -0.05) is 29.8 Å². The molecule has 0 radical (unpaired) electrons. The average Bonchev–Trinajstić information content (AvgIpc) is 2.77. The molecular formula is C14H12FN3O. The van der Waals surface area contributed by atoms with Crippen molar-refractivity contribution in [1.82, 2.24) is 14.6 Å². The van der Waals surface area contributed by atoms with Gasteiger partial charge in [0.1, 0.15) is 5.69 Å². The largest absolute Gasteiger partial charge is 0.479 e. The first-order valence-corrected chi connectivity index (χ1v) is 5.85. The molecule has 96 valence electrons. The predicted octanol–water partition coefficient (Wildman–Crippen LogP) is 2.85. The van der Waals surface area contributed by atoms with Crippen molar-refractivity contribution in [3.05, 3.63) is 47.9 Å². The van der Waals surface area contributed by atoms with Crippen LogP contribution in [0.3, 0.4) is 0 Å². The molecule has 0 saturated carbocycles. The van der Waals surface area contributed by atoms with Gasteiger partial charge >= 0.3 is 0 Å². The fourth-order valence-corrected chi connectivity index (χ4v) is 1.97. The van der Waals surface area contributed by atoms with Crippen molar-refractivity contribution >= 4 is 5.65 Å². The zero-order valence-electron chi connectivity index (χ0n) is 10.6. The summed E-state index contributed by atoms with van der Waals surface area (Å²) in [6.45, 7) is 2.02. The number of ether oxygens (including phenoxy) is 1. The van der Waals surface area contributed by atoms with Crippen molar-refractivity contribution in [2.24, 2.45) is 0 Å². The van der Waals surface area contributed by atoms with Gasteiger partial charge in [-0.2, -0.15) is 8.91 Å². The SMILES string of the molecule is COc1c(-c2ccc(C)cc2)nc2ccc(F)nn12. The standard InChI is InChI=1S/C14H12FN3O/c1-9-3-5-10(6-4-9)13-14(19-2)18-12(16-13)8-7-11(15)17-18/h3-8H,1-2H3. The van der Waals surface area contributed by atoms with Crippen LogP contribution in [-0.4, -0.2) is 21.7 Å². The molecule has 0 atom stereocenters. The Morgan fingerprint density at radius 1 is 1.11 bits per heavy atom. The zero-order chi connectivity index (χ0) is 13.4. The molecule has 1 aromatic carbocycles. The van der Waals surface area contributed by atoms with Gasteiger partial charge in [0.15, 0.2) is 5.65 Å². The van der Waals surface area contributed by atoms with Crippen LogP contribution in [0.2, 0.25) is 0 Å². The number of methoxy groups -OCH3 is 1. The number of aryl methyl sites for hydroxylation is 1. The molecule has 0 N–H and O–H groups in total. The van der Waals surface area contributed by atoms with Crippen LogP contribution in [0.15, 0.2) is 36.4 Å². The number of imidazole rings is 1. The maximum absolute atomic E-state index is 13.2. The molecule has 0 fully saturated rings. The quantitative estimate of drug-likeness (QED) is 0.708. The first kappa shape index (κ1) is 11.6. The minimum atomic E-state index is -0.571. The summed E-state index contributed by atoms with van der Waals surface area (Å²) in [5, 5.41) is 3.77. The minimum absolute atomic E-state index is 0.429. The summed E-state index contributed by atoms with van der Waals surface area (Å²) in [4.78, 5) is 4.43. The van der Waals surface area contributed by atoms with Crippen LogP contribution in [0.4, 0.5) is 4.39 Å². The molecule has 0 aliphatic heterocycles. The first-order valence-electron chi connectivity index (χ1n) is 5.85. The van der Waals surface area contributed by atoms with E-state index in [0.717, 1.165) is 11.1 Å². The van der Waals surface area contributed by atoms with E-state index in [4.69, 9.17) is 4.74 Å². The highest BCUT2D eigenvalue weighted by molar-refractivity contribution is 5.69. The summed E-state index contributed by atoms with van der Waals surface area (Å²) in [5.41, 5.74) is 3.28. The second-order valence-corrected chi connectivity index (χ2v) is 4.26. The Morgan fingerprint density at radius 3 is 2.53 bits per heavy atom. The maximum Gasteiger partial charge on any atom is 0.243 e. The van der Waals surface area contributed by atoms with Crippen molar-refractivity contribution in [3.63, 3.8) is 0 Å². The van der Waals surface area contributed by atoms with Crippen LogP contribution < -0.4 is 4.74 Å². The van der Waals surface area contributed by atoms with E-state index in [9.17, 15) is 4.39 Å². The highest BCUT2D eigenvalue weighted by atomic mass is 19.1. The summed E-state index contributed by atoms with van der Waals surface area (Å²) >= 11 is 0. The number of fused-ring (bicyclic) bond motifs is 1. The lowest BCUT2D eigenvalue weighted by atomic mass is 10.1. The Bertz CT molecular complexity index is 734. The summed E-state index contributed by atoms with van der Waals surface area (Å²) < 4.78 is 19.9. The Balaban J connectivity index is 2.25. The van der Waals surface area contributed by atoms with E-state index in [-0.39, 0.29) is 0 Å². The van der Waals surface area contributed by atoms with E-state index in [1.165, 1.54) is 17.7 Å². The smallest absolute Gasteiger partial charge is 0.243 e. The second kappa shape index (κ2) is 4.35. The molecule has 0 aliphatic carbocycles. The molecule has 2 heterocycles. The van der Waals surface area contributed by atoms with E-state index in [1.54, 1.807) is 6.07 Å². The van der Waals surface area contributed by atoms with Crippen molar-refractivity contribution in [2.75, 3.05) is 7.11 Å². The fraction of sp³-hybridized carbons (Fsp3) is 0.143. The van der Waals surface area contributed by atoms with Crippen LogP contribution in [0.5, 0.6) is 5.88 Å². The van der Waals surface area contributed by atoms with Gasteiger partial charge in [0.05, 0.1) is 7.11 Å². The monoisotopic (exact) mass is 257 g/mol. The molecule has 3 rings (SSSR count). The molecule has 0 saturated heterocycles. The van der Waals surface area contributed by atoms with Gasteiger partial charge in [-0.05, 0) is 19.1 Å². The van der Waals surface area contributed by atoms with Crippen LogP contribution in [0.25, 0.3) is 16.9 Å². The summed E-state index contributed by atoms with van der Waals surface area (Å²) in [6.07, 6.45) is 0. The predicted molar refractivity (Wildman–Crippen MR) is 69.7 cm³/mol. The molecule has 0 amide bonds. The summed E-state index contributed by atoms with van der Waals surface area (Å²) in [6, 6.07) is 10.7. The normalized spacial score (nSPS) is 10.9. The third-order valence-electron chi connectivity index (χ3n) is 2.92. The third-order valence-corrected chi connectivity index (χ3v) is 2.92. The van der Waals surface area contributed by atoms with E-state index in [0.29, 0.717) is 17.2 Å². The van der Waals surface area contributed by atoms with Gasteiger partial charge in [-0.3, -0.25) is 0 Å². The van der Waals surface area contributed by atoms with Crippen molar-refractivity contribution in [1.29, 1.82) is 0 Å². The van der Waals surface area contributed by atoms with Crippen molar-refractivity contribution in [2.45, 2.75) is 6.92 Å². The molecule has 0 spiro atoms. The average molecular weight is 257 g/mol. The number of nitrogens with zero attached hydrogens (tertiary/aromatic N) is 3. The van der Waals surface area contributed by atoms with Gasteiger partial charge in [0.25, 0.3) is 0 Å². The third kappa shape index (κ3) is 1.93. The van der Waals surface area contributed by atoms with Crippen molar-refractivity contribution < 1.29 is 9.13 Å². The van der Waals surface area contributed by atoms with Crippen LogP contribution in [0, 0.1) is 12.9 Å². The van der Waals surface area contributed by atoms with Gasteiger partial charge in [-0.25, -0.2) is 4.98 Å². The van der Waals surface area contributed by atoms with Crippen molar-refractivity contribution in [3.8, 4) is 17.1 Å². The first-order chi connectivity index (χ1) is 9.19. The van der Waals surface area contributed by atoms with Crippen LogP contribution >= 0.6 is 0 Å². The molecule has 4 nitrogen and oxygen atoms in total. The van der Waals surface area contributed by atoms with Gasteiger partial charge in [0.2, 0.25) is 11.8 Å². The highest BCUT2D eigenvalue weighted by Crippen LogP contribution is 2.29. The molecular weight excluding hydrogens is 245 g/mol. The lowest BCUT2D eigenvalue weighted by Crippen LogP contribution is -1.97. The zero-order valence-corrected chi connectivity index (χ0v) is 10.6. The highest BCUT2D eigenvalue weighted by Gasteiger charge is 2.15. The number of hydrogen-bond donors (Lipinski definition) is 0. The molecule has 0 unspecified atom stereocenters. The number of rotatable bonds is 2. The lowest BCUT2D eigenvalue weighted by molar-refractivity contribution is 0.384. The van der Waals surface area contributed by atoms with E-state index >= 15 is 0 Å². The van der Waals surface area contributed by atoms with E-state index in [2.05, 4.69) is 10.1 Å². The Labute approximate surface area is 109 Å². The summed E-state index contributed by atoms with van der Waals surface area (Å²) in [5.74, 6) is -0.142. The Hall–Kier alpha value is -2.43. The Morgan fingerprint density at radius 2 is 1.84 bits per heavy atom. The maximum atomic E-state index is 13.2. The number of halogens is 1. The number of benzene rings is 1. The van der Waals surface area contributed by atoms with Gasteiger partial charge in [-0.15, -0.1) is 5.10 Å². The molecule has 3 aromatic rings. The second-order valence-electron chi connectivity index (χ2n) is 4.26. The molecule has 19 heavy (non-hydrogen) atoms.